The molecule has 9 nitrogen and oxygen atoms in total. The topological polar surface area (TPSA) is 125 Å². The molecule has 2 saturated carbocycles. The van der Waals surface area contributed by atoms with E-state index in [-0.39, 0.29) is 28.2 Å². The maximum absolute atomic E-state index is 13.8. The average molecular weight is 494 g/mol. The summed E-state index contributed by atoms with van der Waals surface area (Å²) in [7, 11) is 3.06. The number of anilines is 3. The summed E-state index contributed by atoms with van der Waals surface area (Å²) in [5.74, 6) is -0.114. The number of nitrogens with zero attached hydrogens (tertiary/aromatic N) is 3. The summed E-state index contributed by atoms with van der Waals surface area (Å²) in [5.41, 5.74) is -0.430. The van der Waals surface area contributed by atoms with Crippen molar-refractivity contribution in [2.75, 3.05) is 24.7 Å². The van der Waals surface area contributed by atoms with Crippen molar-refractivity contribution in [2.24, 2.45) is 17.3 Å². The minimum atomic E-state index is -0.740. The van der Waals surface area contributed by atoms with E-state index >= 15 is 0 Å². The second kappa shape index (κ2) is 8.39. The van der Waals surface area contributed by atoms with Crippen LogP contribution in [0.15, 0.2) is 34.1 Å². The van der Waals surface area contributed by atoms with Crippen LogP contribution in [-0.4, -0.2) is 40.0 Å². The number of aromatic hydroxyl groups is 1. The number of carbonyl (C=O) groups is 1. The van der Waals surface area contributed by atoms with Gasteiger partial charge in [-0.15, -0.1) is 0 Å². The van der Waals surface area contributed by atoms with E-state index in [1.807, 2.05) is 0 Å². The molecule has 0 radical (unpaired) electrons. The fourth-order valence-electron chi connectivity index (χ4n) is 5.60. The van der Waals surface area contributed by atoms with Crippen molar-refractivity contribution in [1.29, 1.82) is 0 Å². The molecular weight excluding hydrogens is 465 g/mol. The van der Waals surface area contributed by atoms with Crippen molar-refractivity contribution in [3.63, 3.8) is 0 Å². The summed E-state index contributed by atoms with van der Waals surface area (Å²) in [6.45, 7) is 3.91. The first kappa shape index (κ1) is 23.9. The number of aromatic nitrogens is 2. The van der Waals surface area contributed by atoms with Gasteiger partial charge >= 0.3 is 0 Å². The van der Waals surface area contributed by atoms with Crippen LogP contribution in [-0.2, 0) is 0 Å². The highest BCUT2D eigenvalue weighted by Crippen LogP contribution is 2.63. The first-order valence-electron chi connectivity index (χ1n) is 11.9. The zero-order chi connectivity index (χ0) is 25.9. The maximum Gasteiger partial charge on any atom is 0.275 e. The van der Waals surface area contributed by atoms with Gasteiger partial charge in [0.25, 0.3) is 16.8 Å². The van der Waals surface area contributed by atoms with Crippen molar-refractivity contribution >= 4 is 23.0 Å². The molecule has 2 aromatic heterocycles. The largest absolute Gasteiger partial charge is 0.504 e. The molecule has 1 amide bonds. The molecule has 36 heavy (non-hydrogen) atoms. The maximum atomic E-state index is 13.8. The van der Waals surface area contributed by atoms with Crippen molar-refractivity contribution in [2.45, 2.75) is 39.2 Å². The van der Waals surface area contributed by atoms with E-state index in [9.17, 15) is 23.9 Å². The van der Waals surface area contributed by atoms with E-state index < -0.39 is 34.4 Å². The number of rotatable bonds is 7. The number of halogens is 1. The monoisotopic (exact) mass is 493 g/mol. The molecule has 10 heteroatoms. The van der Waals surface area contributed by atoms with Crippen LogP contribution < -0.4 is 21.5 Å². The molecule has 3 N–H and O–H groups in total. The number of amides is 1. The molecule has 0 bridgehead atoms. The Bertz CT molecular complexity index is 1440. The highest BCUT2D eigenvalue weighted by molar-refractivity contribution is 5.97. The highest BCUT2D eigenvalue weighted by atomic mass is 19.1. The number of fused-ring (bicyclic) bond motifs is 1. The van der Waals surface area contributed by atoms with E-state index in [1.54, 1.807) is 6.92 Å². The van der Waals surface area contributed by atoms with Crippen molar-refractivity contribution < 1.29 is 14.3 Å². The van der Waals surface area contributed by atoms with Gasteiger partial charge in [0.1, 0.15) is 17.2 Å². The Morgan fingerprint density at radius 3 is 2.50 bits per heavy atom. The van der Waals surface area contributed by atoms with E-state index in [0.717, 1.165) is 19.0 Å². The molecule has 3 aromatic rings. The van der Waals surface area contributed by atoms with Crippen molar-refractivity contribution in [3.8, 4) is 5.75 Å². The van der Waals surface area contributed by atoms with Gasteiger partial charge in [-0.1, -0.05) is 6.92 Å². The van der Waals surface area contributed by atoms with Crippen LogP contribution in [0, 0.1) is 30.0 Å². The molecule has 0 saturated heterocycles. The number of hydrogen-bond acceptors (Lipinski definition) is 8. The average Bonchev–Trinajstić information content (AvgIpc) is 3.45. The normalized spacial score (nSPS) is 23.2. The lowest BCUT2D eigenvalue weighted by atomic mass is 9.75. The predicted octanol–water partition coefficient (Wildman–Crippen LogP) is 3.26. The van der Waals surface area contributed by atoms with Gasteiger partial charge in [0, 0.05) is 20.3 Å². The SMILES string of the molecule is Cc1cc(F)cnc1C(Nc1c(Nc2ccnc(C(=O)N(C)C)c2O)c(=O)c1=O)C1(C)CC2CC2C1. The third kappa shape index (κ3) is 3.90. The van der Waals surface area contributed by atoms with Crippen molar-refractivity contribution in [1.82, 2.24) is 14.9 Å². The molecule has 2 aliphatic carbocycles. The van der Waals surface area contributed by atoms with Crippen LogP contribution in [0.3, 0.4) is 0 Å². The first-order valence-corrected chi connectivity index (χ1v) is 11.9. The Morgan fingerprint density at radius 1 is 1.19 bits per heavy atom. The molecule has 1 aromatic carbocycles. The van der Waals surface area contributed by atoms with Crippen LogP contribution in [0.4, 0.5) is 21.5 Å². The minimum Gasteiger partial charge on any atom is -0.504 e. The molecule has 2 fully saturated rings. The summed E-state index contributed by atoms with van der Waals surface area (Å²) in [4.78, 5) is 47.1. The van der Waals surface area contributed by atoms with E-state index in [0.29, 0.717) is 23.1 Å². The van der Waals surface area contributed by atoms with Gasteiger partial charge in [-0.05, 0) is 61.1 Å². The Hall–Kier alpha value is -3.82. The van der Waals surface area contributed by atoms with Gasteiger partial charge in [0.15, 0.2) is 11.4 Å². The second-order valence-corrected chi connectivity index (χ2v) is 10.5. The molecule has 0 aliphatic heterocycles. The standard InChI is InChI=1S/C26H28FN5O4/c1-12-7-15(27)11-29-17(12)24(26(2)9-13-8-14(13)10-26)31-19-18(22(34)23(19)35)30-16-5-6-28-20(21(16)33)25(36)32(3)4/h5-7,11,13-14,24,31,33H,8-10H2,1-4H3,(H,28,30). The van der Waals surface area contributed by atoms with Crippen LogP contribution in [0.5, 0.6) is 5.75 Å². The molecular formula is C26H28FN5O4. The second-order valence-electron chi connectivity index (χ2n) is 10.5. The lowest BCUT2D eigenvalue weighted by Gasteiger charge is -2.37. The predicted molar refractivity (Wildman–Crippen MR) is 133 cm³/mol. The quantitative estimate of drug-likeness (QED) is 0.429. The van der Waals surface area contributed by atoms with Gasteiger partial charge in [-0.3, -0.25) is 19.4 Å². The number of carbonyl (C=O) groups excluding carboxylic acids is 1. The first-order chi connectivity index (χ1) is 17.0. The molecule has 188 valence electrons. The van der Waals surface area contributed by atoms with Crippen LogP contribution in [0.1, 0.15) is 54.0 Å². The fraction of sp³-hybridized carbons (Fsp3) is 0.423. The Balaban J connectivity index is 1.50. The number of pyridine rings is 2. The molecule has 0 spiro atoms. The van der Waals surface area contributed by atoms with Gasteiger partial charge in [-0.25, -0.2) is 9.37 Å². The molecule has 2 heterocycles. The molecule has 3 atom stereocenters. The molecule has 5 rings (SSSR count). The van der Waals surface area contributed by atoms with Gasteiger partial charge < -0.3 is 20.6 Å². The number of aryl methyl sites for hydroxylation is 1. The summed E-state index contributed by atoms with van der Waals surface area (Å²) < 4.78 is 13.8. The Kier molecular flexibility index (Phi) is 5.57. The molecule has 3 unspecified atom stereocenters. The molecule has 2 aliphatic rings. The fourth-order valence-corrected chi connectivity index (χ4v) is 5.60. The summed E-state index contributed by atoms with van der Waals surface area (Å²) >= 11 is 0. The highest BCUT2D eigenvalue weighted by Gasteiger charge is 2.55. The van der Waals surface area contributed by atoms with Gasteiger partial charge in [-0.2, -0.15) is 0 Å². The zero-order valence-corrected chi connectivity index (χ0v) is 20.6. The van der Waals surface area contributed by atoms with E-state index in [2.05, 4.69) is 27.5 Å². The third-order valence-electron chi connectivity index (χ3n) is 7.57. The van der Waals surface area contributed by atoms with Gasteiger partial charge in [0.2, 0.25) is 0 Å². The Morgan fingerprint density at radius 2 is 1.86 bits per heavy atom. The number of hydrogen-bond donors (Lipinski definition) is 3. The summed E-state index contributed by atoms with van der Waals surface area (Å²) in [6.07, 6.45) is 5.56. The Labute approximate surface area is 207 Å². The third-order valence-corrected chi connectivity index (χ3v) is 7.57. The van der Waals surface area contributed by atoms with Crippen LogP contribution in [0.2, 0.25) is 0 Å². The summed E-state index contributed by atoms with van der Waals surface area (Å²) in [5, 5.41) is 16.7. The number of nitrogens with one attached hydrogen (secondary N) is 2. The van der Waals surface area contributed by atoms with Gasteiger partial charge in [0.05, 0.1) is 23.6 Å². The van der Waals surface area contributed by atoms with E-state index in [4.69, 9.17) is 0 Å². The lowest BCUT2D eigenvalue weighted by Crippen LogP contribution is -2.40. The zero-order valence-electron chi connectivity index (χ0n) is 20.6. The van der Waals surface area contributed by atoms with E-state index in [1.165, 1.54) is 43.7 Å². The lowest BCUT2D eigenvalue weighted by molar-refractivity contribution is 0.0819. The summed E-state index contributed by atoms with van der Waals surface area (Å²) in [6, 6.07) is 2.40. The van der Waals surface area contributed by atoms with Crippen LogP contribution in [0.25, 0.3) is 0 Å². The minimum absolute atomic E-state index is 0.0127. The smallest absolute Gasteiger partial charge is 0.275 e. The van der Waals surface area contributed by atoms with Crippen molar-refractivity contribution in [3.05, 3.63) is 67.7 Å². The van der Waals surface area contributed by atoms with Crippen LogP contribution >= 0.6 is 0 Å².